The van der Waals surface area contributed by atoms with E-state index in [2.05, 4.69) is 6.92 Å². The van der Waals surface area contributed by atoms with Gasteiger partial charge in [-0.05, 0) is 26.2 Å². The van der Waals surface area contributed by atoms with Crippen LogP contribution in [-0.2, 0) is 9.53 Å². The zero-order valence-corrected chi connectivity index (χ0v) is 11.9. The molecule has 0 heterocycles. The molecule has 0 spiro atoms. The highest BCUT2D eigenvalue weighted by Gasteiger charge is 2.36. The highest BCUT2D eigenvalue weighted by Crippen LogP contribution is 2.31. The molecule has 0 saturated carbocycles. The van der Waals surface area contributed by atoms with Gasteiger partial charge in [0.15, 0.2) is 0 Å². The molecule has 18 heavy (non-hydrogen) atoms. The summed E-state index contributed by atoms with van der Waals surface area (Å²) in [5.74, 6) is -0.142. The molecule has 0 aromatic carbocycles. The van der Waals surface area contributed by atoms with E-state index in [4.69, 9.17) is 15.6 Å². The minimum atomic E-state index is -0.496. The first-order valence-electron chi connectivity index (χ1n) is 7.15. The quantitative estimate of drug-likeness (QED) is 0.441. The van der Waals surface area contributed by atoms with Crippen molar-refractivity contribution in [2.75, 3.05) is 19.8 Å². The third-order valence-electron chi connectivity index (χ3n) is 3.39. The van der Waals surface area contributed by atoms with Gasteiger partial charge in [0, 0.05) is 13.2 Å². The van der Waals surface area contributed by atoms with Gasteiger partial charge in [-0.1, -0.05) is 32.6 Å². The Kier molecular flexibility index (Phi) is 9.98. The number of aliphatic hydroxyl groups excluding tert-OH is 1. The van der Waals surface area contributed by atoms with Crippen molar-refractivity contribution in [3.05, 3.63) is 0 Å². The lowest BCUT2D eigenvalue weighted by Gasteiger charge is -2.29. The fraction of sp³-hybridized carbons (Fsp3) is 0.929. The van der Waals surface area contributed by atoms with Gasteiger partial charge >= 0.3 is 5.97 Å². The molecule has 4 heteroatoms. The number of nitrogens with two attached hydrogens (primary N) is 1. The summed E-state index contributed by atoms with van der Waals surface area (Å²) in [4.78, 5) is 12.1. The summed E-state index contributed by atoms with van der Waals surface area (Å²) in [6.45, 7) is 4.91. The van der Waals surface area contributed by atoms with Crippen molar-refractivity contribution in [1.29, 1.82) is 0 Å². The number of ether oxygens (including phenoxy) is 1. The molecule has 0 aliphatic rings. The van der Waals surface area contributed by atoms with Crippen molar-refractivity contribution in [1.82, 2.24) is 0 Å². The summed E-state index contributed by atoms with van der Waals surface area (Å²) in [7, 11) is 0. The van der Waals surface area contributed by atoms with Crippen LogP contribution in [0.1, 0.15) is 58.8 Å². The molecule has 0 radical (unpaired) electrons. The topological polar surface area (TPSA) is 72.5 Å². The molecule has 0 amide bonds. The lowest BCUT2D eigenvalue weighted by molar-refractivity contribution is -0.156. The summed E-state index contributed by atoms with van der Waals surface area (Å²) in [5.41, 5.74) is 5.33. The second-order valence-electron chi connectivity index (χ2n) is 4.84. The number of hydrogen-bond acceptors (Lipinski definition) is 4. The average molecular weight is 259 g/mol. The van der Waals surface area contributed by atoms with E-state index in [0.29, 0.717) is 13.2 Å². The average Bonchev–Trinajstić information content (AvgIpc) is 2.37. The lowest BCUT2D eigenvalue weighted by Crippen LogP contribution is -2.40. The summed E-state index contributed by atoms with van der Waals surface area (Å²) in [6, 6.07) is 0. The Hall–Kier alpha value is -0.610. The number of unbranched alkanes of at least 4 members (excludes halogenated alkanes) is 3. The first-order chi connectivity index (χ1) is 8.66. The van der Waals surface area contributed by atoms with Gasteiger partial charge in [-0.15, -0.1) is 0 Å². The van der Waals surface area contributed by atoms with Gasteiger partial charge in [-0.3, -0.25) is 4.79 Å². The number of carbonyl (C=O) groups is 1. The first kappa shape index (κ1) is 17.4. The molecule has 0 saturated heterocycles. The van der Waals surface area contributed by atoms with Crippen molar-refractivity contribution in [3.8, 4) is 0 Å². The monoisotopic (exact) mass is 259 g/mol. The van der Waals surface area contributed by atoms with Crippen LogP contribution < -0.4 is 5.73 Å². The van der Waals surface area contributed by atoms with Crippen LogP contribution in [0.3, 0.4) is 0 Å². The van der Waals surface area contributed by atoms with E-state index in [9.17, 15) is 4.79 Å². The molecule has 4 nitrogen and oxygen atoms in total. The fourth-order valence-electron chi connectivity index (χ4n) is 2.31. The molecular weight excluding hydrogens is 230 g/mol. The van der Waals surface area contributed by atoms with E-state index in [0.717, 1.165) is 44.9 Å². The van der Waals surface area contributed by atoms with Crippen molar-refractivity contribution in [2.45, 2.75) is 58.8 Å². The van der Waals surface area contributed by atoms with Crippen LogP contribution >= 0.6 is 0 Å². The molecule has 0 aromatic heterocycles. The maximum atomic E-state index is 12.1. The largest absolute Gasteiger partial charge is 0.466 e. The van der Waals surface area contributed by atoms with Crippen molar-refractivity contribution in [3.63, 3.8) is 0 Å². The van der Waals surface area contributed by atoms with Gasteiger partial charge in [0.25, 0.3) is 0 Å². The van der Waals surface area contributed by atoms with Gasteiger partial charge in [0.2, 0.25) is 0 Å². The van der Waals surface area contributed by atoms with E-state index >= 15 is 0 Å². The molecule has 0 aromatic rings. The maximum Gasteiger partial charge on any atom is 0.313 e. The number of rotatable bonds is 11. The predicted octanol–water partition coefficient (Wildman–Crippen LogP) is 2.24. The number of aliphatic hydroxyl groups is 1. The van der Waals surface area contributed by atoms with Gasteiger partial charge < -0.3 is 15.6 Å². The maximum absolute atomic E-state index is 12.1. The summed E-state index contributed by atoms with van der Waals surface area (Å²) in [6.07, 6.45) is 6.37. The summed E-state index contributed by atoms with van der Waals surface area (Å²) < 4.78 is 5.17. The number of carbonyl (C=O) groups excluding carboxylic acids is 1. The molecule has 1 unspecified atom stereocenters. The molecule has 1 atom stereocenters. The van der Waals surface area contributed by atoms with Crippen LogP contribution in [0.2, 0.25) is 0 Å². The summed E-state index contributed by atoms with van der Waals surface area (Å²) in [5, 5.41) is 8.72. The molecule has 0 fully saturated rings. The first-order valence-corrected chi connectivity index (χ1v) is 7.15. The zero-order chi connectivity index (χ0) is 13.9. The number of hydrogen-bond donors (Lipinski definition) is 2. The van der Waals surface area contributed by atoms with Gasteiger partial charge in [0.05, 0.1) is 12.0 Å². The van der Waals surface area contributed by atoms with Crippen LogP contribution in [-0.4, -0.2) is 30.8 Å². The van der Waals surface area contributed by atoms with Crippen LogP contribution in [0.25, 0.3) is 0 Å². The molecule has 108 valence electrons. The van der Waals surface area contributed by atoms with E-state index in [1.165, 1.54) is 0 Å². The normalized spacial score (nSPS) is 14.2. The zero-order valence-electron chi connectivity index (χ0n) is 11.9. The third kappa shape index (κ3) is 5.83. The Balaban J connectivity index is 4.31. The van der Waals surface area contributed by atoms with Gasteiger partial charge in [-0.2, -0.15) is 0 Å². The number of esters is 1. The van der Waals surface area contributed by atoms with Crippen LogP contribution in [0.15, 0.2) is 0 Å². The highest BCUT2D eigenvalue weighted by atomic mass is 16.5. The minimum absolute atomic E-state index is 0.142. The summed E-state index contributed by atoms with van der Waals surface area (Å²) >= 11 is 0. The molecule has 3 N–H and O–H groups in total. The fourth-order valence-corrected chi connectivity index (χ4v) is 2.31. The van der Waals surface area contributed by atoms with E-state index < -0.39 is 5.41 Å². The van der Waals surface area contributed by atoms with Gasteiger partial charge in [0.1, 0.15) is 0 Å². The Morgan fingerprint density at radius 2 is 1.83 bits per heavy atom. The lowest BCUT2D eigenvalue weighted by atomic mass is 9.78. The van der Waals surface area contributed by atoms with E-state index in [1.807, 2.05) is 6.92 Å². The predicted molar refractivity (Wildman–Crippen MR) is 73.2 cm³/mol. The molecular formula is C14H29NO3. The third-order valence-corrected chi connectivity index (χ3v) is 3.39. The Labute approximate surface area is 111 Å². The molecule has 0 aliphatic carbocycles. The van der Waals surface area contributed by atoms with E-state index in [1.54, 1.807) is 0 Å². The molecule has 0 aliphatic heterocycles. The van der Waals surface area contributed by atoms with Gasteiger partial charge in [-0.25, -0.2) is 0 Å². The SMILES string of the molecule is CCCC(CN)(CCCCCCO)C(=O)OCC. The second kappa shape index (κ2) is 10.3. The van der Waals surface area contributed by atoms with Crippen molar-refractivity contribution < 1.29 is 14.6 Å². The van der Waals surface area contributed by atoms with Crippen molar-refractivity contribution in [2.24, 2.45) is 11.1 Å². The Morgan fingerprint density at radius 1 is 1.17 bits per heavy atom. The van der Waals surface area contributed by atoms with Crippen LogP contribution in [0, 0.1) is 5.41 Å². The Bertz CT molecular complexity index is 221. The standard InChI is InChI=1S/C14H29NO3/c1-3-9-14(12-15,13(17)18-4-2)10-7-5-6-8-11-16/h16H,3-12,15H2,1-2H3. The second-order valence-corrected chi connectivity index (χ2v) is 4.84. The van der Waals surface area contributed by atoms with Crippen molar-refractivity contribution >= 4 is 5.97 Å². The smallest absolute Gasteiger partial charge is 0.313 e. The highest BCUT2D eigenvalue weighted by molar-refractivity contribution is 5.77. The molecule has 0 rings (SSSR count). The van der Waals surface area contributed by atoms with Crippen LogP contribution in [0.5, 0.6) is 0 Å². The molecule has 0 bridgehead atoms. The van der Waals surface area contributed by atoms with E-state index in [-0.39, 0.29) is 12.6 Å². The minimum Gasteiger partial charge on any atom is -0.466 e. The Morgan fingerprint density at radius 3 is 2.33 bits per heavy atom. The van der Waals surface area contributed by atoms with Crippen LogP contribution in [0.4, 0.5) is 0 Å².